The minimum Gasteiger partial charge on any atom is -0.466 e. The molecule has 0 aliphatic rings. The minimum atomic E-state index is -0.283. The van der Waals surface area contributed by atoms with Gasteiger partial charge in [-0.3, -0.25) is 9.59 Å². The summed E-state index contributed by atoms with van der Waals surface area (Å²) in [5, 5.41) is 9.75. The second kappa shape index (κ2) is 7.55. The number of halogens is 1. The Kier molecular flexibility index (Phi) is 4.95. The summed E-state index contributed by atoms with van der Waals surface area (Å²) in [6, 6.07) is 13.0. The van der Waals surface area contributed by atoms with Gasteiger partial charge in [0.2, 0.25) is 0 Å². The first-order chi connectivity index (χ1) is 13.6. The molecule has 0 radical (unpaired) electrons. The van der Waals surface area contributed by atoms with Crippen molar-refractivity contribution in [2.75, 3.05) is 18.5 Å². The number of aromatic nitrogens is 3. The summed E-state index contributed by atoms with van der Waals surface area (Å²) in [6.45, 7) is 2.47. The van der Waals surface area contributed by atoms with E-state index in [9.17, 15) is 9.59 Å². The lowest BCUT2D eigenvalue weighted by Crippen LogP contribution is -2.20. The molecule has 0 fully saturated rings. The van der Waals surface area contributed by atoms with Gasteiger partial charge in [-0.1, -0.05) is 40.2 Å². The summed E-state index contributed by atoms with van der Waals surface area (Å²) in [5.74, 6) is 0.236. The highest BCUT2D eigenvalue weighted by molar-refractivity contribution is 9.10. The molecule has 0 unspecified atom stereocenters. The van der Waals surface area contributed by atoms with Crippen LogP contribution in [0.2, 0.25) is 0 Å². The molecule has 0 aliphatic carbocycles. The fraction of sp³-hybridized carbons (Fsp3) is 0.200. The van der Waals surface area contributed by atoms with Crippen LogP contribution in [0.3, 0.4) is 0 Å². The summed E-state index contributed by atoms with van der Waals surface area (Å²) in [5.41, 5.74) is 0.857. The number of hydrogen-bond donors (Lipinski definition) is 1. The van der Waals surface area contributed by atoms with E-state index in [-0.39, 0.29) is 17.9 Å². The molecule has 2 aromatic carbocycles. The van der Waals surface area contributed by atoms with Gasteiger partial charge in [0.15, 0.2) is 11.5 Å². The Balaban J connectivity index is 1.87. The monoisotopic (exact) mass is 440 g/mol. The van der Waals surface area contributed by atoms with Crippen molar-refractivity contribution >= 4 is 55.0 Å². The molecule has 0 bridgehead atoms. The Morgan fingerprint density at radius 1 is 1.18 bits per heavy atom. The molecular weight excluding hydrogens is 424 g/mol. The van der Waals surface area contributed by atoms with Crippen LogP contribution in [0.15, 0.2) is 51.7 Å². The second-order valence-corrected chi connectivity index (χ2v) is 7.11. The molecular formula is C20H17BrN4O3. The zero-order chi connectivity index (χ0) is 19.7. The Labute approximate surface area is 168 Å². The average molecular weight is 441 g/mol. The van der Waals surface area contributed by atoms with Gasteiger partial charge in [0, 0.05) is 21.8 Å². The largest absolute Gasteiger partial charge is 0.466 e. The number of hydrogen-bond acceptors (Lipinski definition) is 6. The lowest BCUT2D eigenvalue weighted by Gasteiger charge is -2.12. The standard InChI is InChI=1S/C20H17BrN4O3/c1-2-28-17(26)9-10-22-18-13-5-3-4-6-14(13)19-23-16-8-7-12(21)11-15(16)20(27)25(19)24-18/h3-8,11H,2,9-10H2,1H3,(H,22,24). The number of carbonyl (C=O) groups is 1. The summed E-state index contributed by atoms with van der Waals surface area (Å²) >= 11 is 3.39. The van der Waals surface area contributed by atoms with Crippen molar-refractivity contribution in [2.24, 2.45) is 0 Å². The highest BCUT2D eigenvalue weighted by Gasteiger charge is 2.14. The molecule has 0 aliphatic heterocycles. The quantitative estimate of drug-likeness (QED) is 0.290. The Bertz CT molecular complexity index is 1270. The van der Waals surface area contributed by atoms with E-state index in [0.29, 0.717) is 35.5 Å². The summed E-state index contributed by atoms with van der Waals surface area (Å²) in [4.78, 5) is 29.3. The average Bonchev–Trinajstić information content (AvgIpc) is 2.69. The van der Waals surface area contributed by atoms with E-state index in [1.54, 1.807) is 19.1 Å². The molecule has 2 aromatic heterocycles. The van der Waals surface area contributed by atoms with E-state index in [0.717, 1.165) is 15.2 Å². The van der Waals surface area contributed by atoms with Crippen molar-refractivity contribution in [3.05, 3.63) is 57.3 Å². The predicted molar refractivity (Wildman–Crippen MR) is 112 cm³/mol. The first-order valence-corrected chi connectivity index (χ1v) is 9.68. The number of ether oxygens (including phenoxy) is 1. The number of rotatable bonds is 5. The van der Waals surface area contributed by atoms with Crippen LogP contribution in [0.5, 0.6) is 0 Å². The molecule has 4 rings (SSSR count). The van der Waals surface area contributed by atoms with E-state index in [2.05, 4.69) is 31.3 Å². The predicted octanol–water partition coefficient (Wildman–Crippen LogP) is 3.52. The first-order valence-electron chi connectivity index (χ1n) is 8.89. The van der Waals surface area contributed by atoms with Crippen LogP contribution in [0, 0.1) is 0 Å². The van der Waals surface area contributed by atoms with Crippen molar-refractivity contribution in [3.63, 3.8) is 0 Å². The maximum atomic E-state index is 13.0. The van der Waals surface area contributed by atoms with Crippen molar-refractivity contribution in [1.29, 1.82) is 0 Å². The Hall–Kier alpha value is -3.00. The maximum absolute atomic E-state index is 13.0. The molecule has 0 amide bonds. The van der Waals surface area contributed by atoms with E-state index in [1.165, 1.54) is 4.52 Å². The van der Waals surface area contributed by atoms with Crippen LogP contribution in [0.1, 0.15) is 13.3 Å². The van der Waals surface area contributed by atoms with E-state index in [1.807, 2.05) is 30.3 Å². The number of nitrogens with one attached hydrogen (secondary N) is 1. The second-order valence-electron chi connectivity index (χ2n) is 6.19. The highest BCUT2D eigenvalue weighted by Crippen LogP contribution is 2.25. The third-order valence-corrected chi connectivity index (χ3v) is 4.85. The molecule has 8 heteroatoms. The fourth-order valence-corrected chi connectivity index (χ4v) is 3.46. The van der Waals surface area contributed by atoms with Crippen molar-refractivity contribution < 1.29 is 9.53 Å². The summed E-state index contributed by atoms with van der Waals surface area (Å²) in [7, 11) is 0. The van der Waals surface area contributed by atoms with Gasteiger partial charge in [-0.25, -0.2) is 4.98 Å². The topological polar surface area (TPSA) is 85.6 Å². The minimum absolute atomic E-state index is 0.208. The molecule has 0 atom stereocenters. The molecule has 0 saturated heterocycles. The van der Waals surface area contributed by atoms with Crippen LogP contribution < -0.4 is 10.9 Å². The van der Waals surface area contributed by atoms with Crippen LogP contribution in [-0.4, -0.2) is 33.7 Å². The van der Waals surface area contributed by atoms with Gasteiger partial charge >= 0.3 is 5.97 Å². The lowest BCUT2D eigenvalue weighted by atomic mass is 10.1. The number of carbonyl (C=O) groups excluding carboxylic acids is 1. The lowest BCUT2D eigenvalue weighted by molar-refractivity contribution is -0.142. The zero-order valence-corrected chi connectivity index (χ0v) is 16.7. The molecule has 7 nitrogen and oxygen atoms in total. The van der Waals surface area contributed by atoms with Gasteiger partial charge in [0.05, 0.1) is 23.9 Å². The third kappa shape index (κ3) is 3.31. The van der Waals surface area contributed by atoms with E-state index in [4.69, 9.17) is 4.74 Å². The first kappa shape index (κ1) is 18.4. The van der Waals surface area contributed by atoms with Gasteiger partial charge in [0.1, 0.15) is 0 Å². The third-order valence-electron chi connectivity index (χ3n) is 4.36. The van der Waals surface area contributed by atoms with Crippen molar-refractivity contribution in [1.82, 2.24) is 14.6 Å². The zero-order valence-electron chi connectivity index (χ0n) is 15.1. The number of anilines is 1. The Morgan fingerprint density at radius 2 is 1.96 bits per heavy atom. The van der Waals surface area contributed by atoms with Gasteiger partial charge in [-0.15, -0.1) is 5.10 Å². The van der Waals surface area contributed by atoms with Crippen molar-refractivity contribution in [2.45, 2.75) is 13.3 Å². The number of benzene rings is 2. The summed E-state index contributed by atoms with van der Waals surface area (Å²) in [6.07, 6.45) is 0.208. The van der Waals surface area contributed by atoms with Crippen LogP contribution >= 0.6 is 15.9 Å². The van der Waals surface area contributed by atoms with E-state index < -0.39 is 0 Å². The molecule has 28 heavy (non-hydrogen) atoms. The molecule has 0 saturated carbocycles. The smallest absolute Gasteiger partial charge is 0.307 e. The van der Waals surface area contributed by atoms with Gasteiger partial charge in [-0.05, 0) is 25.1 Å². The van der Waals surface area contributed by atoms with Gasteiger partial charge in [0.25, 0.3) is 5.56 Å². The molecule has 4 aromatic rings. The van der Waals surface area contributed by atoms with E-state index >= 15 is 0 Å². The van der Waals surface area contributed by atoms with Gasteiger partial charge in [-0.2, -0.15) is 4.52 Å². The molecule has 2 heterocycles. The molecule has 0 spiro atoms. The van der Waals surface area contributed by atoms with Gasteiger partial charge < -0.3 is 10.1 Å². The van der Waals surface area contributed by atoms with Crippen LogP contribution in [-0.2, 0) is 9.53 Å². The Morgan fingerprint density at radius 3 is 2.75 bits per heavy atom. The van der Waals surface area contributed by atoms with Crippen LogP contribution in [0.25, 0.3) is 27.3 Å². The fourth-order valence-electron chi connectivity index (χ4n) is 3.10. The van der Waals surface area contributed by atoms with Crippen molar-refractivity contribution in [3.8, 4) is 0 Å². The number of fused-ring (bicyclic) bond motifs is 4. The maximum Gasteiger partial charge on any atom is 0.307 e. The number of nitrogens with zero attached hydrogens (tertiary/aromatic N) is 3. The molecule has 142 valence electrons. The summed E-state index contributed by atoms with van der Waals surface area (Å²) < 4.78 is 7.05. The number of esters is 1. The molecule has 1 N–H and O–H groups in total. The van der Waals surface area contributed by atoms with Crippen LogP contribution in [0.4, 0.5) is 5.82 Å². The normalized spacial score (nSPS) is 11.2. The highest BCUT2D eigenvalue weighted by atomic mass is 79.9. The SMILES string of the molecule is CCOC(=O)CCNc1nn2c(=O)c3cc(Br)ccc3nc2c2ccccc12.